The van der Waals surface area contributed by atoms with Gasteiger partial charge in [-0.3, -0.25) is 0 Å². The van der Waals surface area contributed by atoms with Crippen LogP contribution in [0.15, 0.2) is 47.5 Å². The average Bonchev–Trinajstić information content (AvgIpc) is 2.76. The van der Waals surface area contributed by atoms with E-state index in [9.17, 15) is 0 Å². The summed E-state index contributed by atoms with van der Waals surface area (Å²) in [5, 5.41) is 7.65. The summed E-state index contributed by atoms with van der Waals surface area (Å²) in [5.74, 6) is 1.76. The molecular weight excluding hydrogens is 466 g/mol. The third kappa shape index (κ3) is 5.43. The normalized spacial score (nSPS) is 15.2. The van der Waals surface area contributed by atoms with Gasteiger partial charge in [0.2, 0.25) is 5.95 Å². The topological polar surface area (TPSA) is 62.3 Å². The van der Waals surface area contributed by atoms with Crippen molar-refractivity contribution in [2.24, 2.45) is 0 Å². The van der Waals surface area contributed by atoms with Crippen LogP contribution in [0.4, 0.5) is 23.1 Å². The molecule has 1 aliphatic heterocycles. The Morgan fingerprint density at radius 3 is 2.65 bits per heavy atom. The van der Waals surface area contributed by atoms with Crippen molar-refractivity contribution in [2.45, 2.75) is 49.8 Å². The van der Waals surface area contributed by atoms with E-state index in [1.165, 1.54) is 11.1 Å². The predicted molar refractivity (Wildman–Crippen MR) is 143 cm³/mol. The summed E-state index contributed by atoms with van der Waals surface area (Å²) in [5.41, 5.74) is 4.42. The average molecular weight is 498 g/mol. The first-order valence-electron chi connectivity index (χ1n) is 11.4. The van der Waals surface area contributed by atoms with Gasteiger partial charge in [-0.2, -0.15) is 4.98 Å². The smallest absolute Gasteiger partial charge is 0.229 e. The maximum atomic E-state index is 6.46. The van der Waals surface area contributed by atoms with E-state index in [4.69, 9.17) is 16.3 Å². The largest absolute Gasteiger partial charge is 0.495 e. The number of fused-ring (bicyclic) bond motifs is 1. The van der Waals surface area contributed by atoms with Gasteiger partial charge in [0, 0.05) is 28.6 Å². The van der Waals surface area contributed by atoms with E-state index in [-0.39, 0.29) is 5.41 Å². The lowest BCUT2D eigenvalue weighted by atomic mass is 9.78. The highest BCUT2D eigenvalue weighted by Crippen LogP contribution is 2.40. The van der Waals surface area contributed by atoms with Crippen LogP contribution in [0.3, 0.4) is 0 Å². The van der Waals surface area contributed by atoms with E-state index in [1.54, 1.807) is 25.1 Å². The van der Waals surface area contributed by atoms with E-state index < -0.39 is 0 Å². The number of hydrogen-bond donors (Lipinski definition) is 2. The zero-order valence-electron chi connectivity index (χ0n) is 20.6. The van der Waals surface area contributed by atoms with Gasteiger partial charge in [-0.15, -0.1) is 11.8 Å². The van der Waals surface area contributed by atoms with Gasteiger partial charge in [-0.1, -0.05) is 51.4 Å². The van der Waals surface area contributed by atoms with Crippen LogP contribution in [0.25, 0.3) is 0 Å². The van der Waals surface area contributed by atoms with Crippen LogP contribution in [0.2, 0.25) is 5.02 Å². The maximum absolute atomic E-state index is 6.46. The number of benzene rings is 2. The van der Waals surface area contributed by atoms with Gasteiger partial charge in [0.05, 0.1) is 24.7 Å². The summed E-state index contributed by atoms with van der Waals surface area (Å²) in [7, 11) is 3.84. The van der Waals surface area contributed by atoms with Crippen LogP contribution >= 0.6 is 23.4 Å². The molecule has 0 bridgehead atoms. The summed E-state index contributed by atoms with van der Waals surface area (Å²) in [6.07, 6.45) is 1.61. The Morgan fingerprint density at radius 2 is 1.91 bits per heavy atom. The summed E-state index contributed by atoms with van der Waals surface area (Å²) in [4.78, 5) is 12.6. The molecule has 4 rings (SSSR count). The molecule has 0 atom stereocenters. The Bertz CT molecular complexity index is 1180. The lowest BCUT2D eigenvalue weighted by molar-refractivity contribution is 0.235. The van der Waals surface area contributed by atoms with E-state index in [2.05, 4.69) is 78.4 Å². The van der Waals surface area contributed by atoms with E-state index in [1.807, 2.05) is 18.2 Å². The van der Waals surface area contributed by atoms with Crippen LogP contribution < -0.4 is 15.4 Å². The molecule has 1 aromatic heterocycles. The minimum atomic E-state index is 0.0450. The Kier molecular flexibility index (Phi) is 7.26. The van der Waals surface area contributed by atoms with Gasteiger partial charge in [-0.05, 0) is 42.4 Å². The second-order valence-electron chi connectivity index (χ2n) is 9.57. The molecule has 3 aromatic rings. The highest BCUT2D eigenvalue weighted by molar-refractivity contribution is 8.00. The second kappa shape index (κ2) is 10.0. The number of likely N-dealkylation sites (N-methyl/N-ethyl adjacent to an activating group) is 1. The first-order valence-corrected chi connectivity index (χ1v) is 12.6. The molecule has 6 nitrogen and oxygen atoms in total. The molecule has 0 radical (unpaired) electrons. The lowest BCUT2D eigenvalue weighted by Gasteiger charge is -2.38. The molecule has 8 heteroatoms. The first-order chi connectivity index (χ1) is 16.2. The molecule has 0 spiro atoms. The summed E-state index contributed by atoms with van der Waals surface area (Å²) < 4.78 is 5.73. The third-order valence-electron chi connectivity index (χ3n) is 5.75. The molecule has 0 amide bonds. The van der Waals surface area contributed by atoms with Crippen molar-refractivity contribution in [2.75, 3.05) is 31.3 Å². The number of para-hydroxylation sites is 1. The summed E-state index contributed by atoms with van der Waals surface area (Å²) in [6, 6.07) is 12.4. The molecule has 180 valence electrons. The Balaban J connectivity index is 1.64. The van der Waals surface area contributed by atoms with Crippen molar-refractivity contribution in [3.05, 3.63) is 58.7 Å². The fourth-order valence-corrected chi connectivity index (χ4v) is 5.50. The van der Waals surface area contributed by atoms with Crippen LogP contribution in [-0.2, 0) is 12.0 Å². The molecule has 2 N–H and O–H groups in total. The lowest BCUT2D eigenvalue weighted by Crippen LogP contribution is -2.39. The first kappa shape index (κ1) is 24.6. The zero-order valence-corrected chi connectivity index (χ0v) is 22.1. The SMILES string of the molecule is COc1cc2c(cc1Nc1ncc(Cl)c(Nc3ccccc3SC(C)C)n1)CN(C)CC2(C)C. The van der Waals surface area contributed by atoms with Crippen molar-refractivity contribution in [1.29, 1.82) is 0 Å². The van der Waals surface area contributed by atoms with E-state index in [0.29, 0.717) is 22.0 Å². The van der Waals surface area contributed by atoms with Crippen molar-refractivity contribution in [3.8, 4) is 5.75 Å². The Hall–Kier alpha value is -2.48. The molecule has 2 heterocycles. The van der Waals surface area contributed by atoms with Crippen molar-refractivity contribution < 1.29 is 4.74 Å². The maximum Gasteiger partial charge on any atom is 0.229 e. The number of anilines is 4. The Labute approximate surface area is 211 Å². The fraction of sp³-hybridized carbons (Fsp3) is 0.385. The number of aromatic nitrogens is 2. The number of halogens is 1. The van der Waals surface area contributed by atoms with Crippen LogP contribution in [0.5, 0.6) is 5.75 Å². The molecule has 34 heavy (non-hydrogen) atoms. The molecule has 0 saturated carbocycles. The third-order valence-corrected chi connectivity index (χ3v) is 7.11. The number of methoxy groups -OCH3 is 1. The van der Waals surface area contributed by atoms with E-state index in [0.717, 1.165) is 35.1 Å². The zero-order chi connectivity index (χ0) is 24.5. The van der Waals surface area contributed by atoms with Gasteiger partial charge in [0.25, 0.3) is 0 Å². The summed E-state index contributed by atoms with van der Waals surface area (Å²) >= 11 is 8.25. The van der Waals surface area contributed by atoms with Crippen LogP contribution in [0.1, 0.15) is 38.8 Å². The fourth-order valence-electron chi connectivity index (χ4n) is 4.45. The molecule has 0 fully saturated rings. The van der Waals surface area contributed by atoms with Crippen molar-refractivity contribution in [3.63, 3.8) is 0 Å². The highest BCUT2D eigenvalue weighted by atomic mass is 35.5. The van der Waals surface area contributed by atoms with Gasteiger partial charge in [0.1, 0.15) is 10.8 Å². The number of rotatable bonds is 7. The molecule has 0 unspecified atom stereocenters. The predicted octanol–water partition coefficient (Wildman–Crippen LogP) is 6.85. The van der Waals surface area contributed by atoms with Gasteiger partial charge in [-0.25, -0.2) is 4.98 Å². The molecule has 1 aliphatic rings. The number of nitrogens with zero attached hydrogens (tertiary/aromatic N) is 3. The van der Waals surface area contributed by atoms with Gasteiger partial charge in [0.15, 0.2) is 5.82 Å². The minimum Gasteiger partial charge on any atom is -0.495 e. The monoisotopic (exact) mass is 497 g/mol. The molecule has 0 saturated heterocycles. The number of nitrogens with one attached hydrogen (secondary N) is 2. The molecule has 2 aromatic carbocycles. The van der Waals surface area contributed by atoms with Gasteiger partial charge < -0.3 is 20.3 Å². The van der Waals surface area contributed by atoms with E-state index >= 15 is 0 Å². The van der Waals surface area contributed by atoms with Crippen molar-refractivity contribution >= 4 is 46.5 Å². The quantitative estimate of drug-likeness (QED) is 0.346. The van der Waals surface area contributed by atoms with Gasteiger partial charge >= 0.3 is 0 Å². The minimum absolute atomic E-state index is 0.0450. The second-order valence-corrected chi connectivity index (χ2v) is 11.6. The van der Waals surface area contributed by atoms with Crippen molar-refractivity contribution in [1.82, 2.24) is 14.9 Å². The molecular formula is C26H32ClN5OS. The standard InChI is InChI=1S/C26H32ClN5OS/c1-16(2)34-23-10-8-7-9-20(23)29-24-19(27)13-28-25(31-24)30-21-11-17-14-32(5)15-26(3,4)18(17)12-22(21)33-6/h7-13,16H,14-15H2,1-6H3,(H2,28,29,30,31). The summed E-state index contributed by atoms with van der Waals surface area (Å²) in [6.45, 7) is 10.8. The number of hydrogen-bond acceptors (Lipinski definition) is 7. The van der Waals surface area contributed by atoms with Crippen LogP contribution in [0, 0.1) is 0 Å². The number of thioether (sulfide) groups is 1. The molecule has 0 aliphatic carbocycles. The van der Waals surface area contributed by atoms with Crippen LogP contribution in [-0.4, -0.2) is 40.8 Å². The number of ether oxygens (including phenoxy) is 1. The highest BCUT2D eigenvalue weighted by Gasteiger charge is 2.31. The Morgan fingerprint density at radius 1 is 1.15 bits per heavy atom.